The van der Waals surface area contributed by atoms with E-state index < -0.39 is 9.84 Å². The number of benzene rings is 1. The molecular formula is C15H21N5O2S. The van der Waals surface area contributed by atoms with E-state index in [4.69, 9.17) is 0 Å². The van der Waals surface area contributed by atoms with Crippen molar-refractivity contribution >= 4 is 9.84 Å². The van der Waals surface area contributed by atoms with Gasteiger partial charge in [0.05, 0.1) is 17.1 Å². The van der Waals surface area contributed by atoms with Crippen LogP contribution < -0.4 is 0 Å². The summed E-state index contributed by atoms with van der Waals surface area (Å²) < 4.78 is 24.7. The maximum atomic E-state index is 11.5. The van der Waals surface area contributed by atoms with Crippen molar-refractivity contribution in [1.82, 2.24) is 25.1 Å². The molecule has 1 aromatic heterocycles. The fourth-order valence-corrected chi connectivity index (χ4v) is 3.53. The molecule has 1 saturated heterocycles. The van der Waals surface area contributed by atoms with E-state index in [0.717, 1.165) is 31.0 Å². The molecule has 23 heavy (non-hydrogen) atoms. The molecule has 1 aromatic carbocycles. The van der Waals surface area contributed by atoms with Crippen molar-refractivity contribution in [1.29, 1.82) is 0 Å². The zero-order valence-corrected chi connectivity index (χ0v) is 14.4. The van der Waals surface area contributed by atoms with Crippen LogP contribution in [0.3, 0.4) is 0 Å². The molecule has 0 N–H and O–H groups in total. The summed E-state index contributed by atoms with van der Waals surface area (Å²) in [5.41, 5.74) is 1.09. The Hall–Kier alpha value is -1.80. The summed E-state index contributed by atoms with van der Waals surface area (Å²) in [4.78, 5) is 2.63. The lowest BCUT2D eigenvalue weighted by Gasteiger charge is -2.19. The van der Waals surface area contributed by atoms with Crippen LogP contribution in [0.25, 0.3) is 5.69 Å². The minimum atomic E-state index is -3.20. The Labute approximate surface area is 136 Å². The van der Waals surface area contributed by atoms with Gasteiger partial charge in [-0.3, -0.25) is 4.90 Å². The lowest BCUT2D eigenvalue weighted by atomic mass is 9.93. The largest absolute Gasteiger partial charge is 0.295 e. The van der Waals surface area contributed by atoms with Crippen LogP contribution in [0.1, 0.15) is 26.1 Å². The number of sulfone groups is 1. The Morgan fingerprint density at radius 3 is 2.48 bits per heavy atom. The van der Waals surface area contributed by atoms with Crippen molar-refractivity contribution in [2.45, 2.75) is 31.7 Å². The summed E-state index contributed by atoms with van der Waals surface area (Å²) in [6.07, 6.45) is 2.36. The number of hydrogen-bond donors (Lipinski definition) is 0. The molecule has 0 saturated carbocycles. The quantitative estimate of drug-likeness (QED) is 0.838. The highest BCUT2D eigenvalue weighted by atomic mass is 32.2. The van der Waals surface area contributed by atoms with Gasteiger partial charge in [-0.1, -0.05) is 13.8 Å². The number of likely N-dealkylation sites (tertiary alicyclic amines) is 1. The first-order chi connectivity index (χ1) is 10.7. The Kier molecular flexibility index (Phi) is 3.97. The minimum Gasteiger partial charge on any atom is -0.295 e. The normalized spacial score (nSPS) is 18.4. The predicted octanol–water partition coefficient (Wildman–Crippen LogP) is 1.30. The molecule has 124 valence electrons. The Morgan fingerprint density at radius 1 is 1.22 bits per heavy atom. The number of nitrogens with zero attached hydrogens (tertiary/aromatic N) is 5. The molecule has 0 amide bonds. The summed E-state index contributed by atoms with van der Waals surface area (Å²) in [7, 11) is -3.20. The molecule has 3 rings (SSSR count). The van der Waals surface area contributed by atoms with Gasteiger partial charge in [0, 0.05) is 12.8 Å². The van der Waals surface area contributed by atoms with E-state index in [-0.39, 0.29) is 4.90 Å². The van der Waals surface area contributed by atoms with Crippen LogP contribution in [0.4, 0.5) is 0 Å². The second-order valence-corrected chi connectivity index (χ2v) is 8.91. The van der Waals surface area contributed by atoms with Crippen molar-refractivity contribution in [2.24, 2.45) is 5.41 Å². The first-order valence-electron chi connectivity index (χ1n) is 7.55. The molecule has 7 nitrogen and oxygen atoms in total. The zero-order chi connectivity index (χ0) is 16.7. The fraction of sp³-hybridized carbons (Fsp3) is 0.533. The molecular weight excluding hydrogens is 314 g/mol. The van der Waals surface area contributed by atoms with Gasteiger partial charge in [-0.15, -0.1) is 5.10 Å². The van der Waals surface area contributed by atoms with Crippen LogP contribution in [0.5, 0.6) is 0 Å². The van der Waals surface area contributed by atoms with Gasteiger partial charge < -0.3 is 0 Å². The van der Waals surface area contributed by atoms with Crippen LogP contribution in [-0.2, 0) is 16.4 Å². The topological polar surface area (TPSA) is 81.0 Å². The highest BCUT2D eigenvalue weighted by Gasteiger charge is 2.30. The Bertz CT molecular complexity index is 796. The summed E-state index contributed by atoms with van der Waals surface area (Å²) in [5.74, 6) is 0.759. The number of hydrogen-bond acceptors (Lipinski definition) is 6. The fourth-order valence-electron chi connectivity index (χ4n) is 2.90. The molecule has 2 aromatic rings. The third-order valence-electron chi connectivity index (χ3n) is 4.17. The number of aromatic nitrogens is 4. The second kappa shape index (κ2) is 5.68. The van der Waals surface area contributed by atoms with Crippen molar-refractivity contribution in [3.05, 3.63) is 30.1 Å². The zero-order valence-electron chi connectivity index (χ0n) is 13.6. The van der Waals surface area contributed by atoms with Gasteiger partial charge >= 0.3 is 0 Å². The summed E-state index contributed by atoms with van der Waals surface area (Å²) in [5, 5.41) is 11.9. The maximum Gasteiger partial charge on any atom is 0.175 e. The molecule has 0 bridgehead atoms. The first-order valence-corrected chi connectivity index (χ1v) is 9.44. The maximum absolute atomic E-state index is 11.5. The summed E-state index contributed by atoms with van der Waals surface area (Å²) in [6.45, 7) is 7.27. The van der Waals surface area contributed by atoms with Crippen LogP contribution in [0, 0.1) is 5.41 Å². The highest BCUT2D eigenvalue weighted by Crippen LogP contribution is 2.29. The van der Waals surface area contributed by atoms with Gasteiger partial charge in [0.2, 0.25) is 0 Å². The standard InChI is InChI=1S/C15H21N5O2S/c1-15(2)8-9-19(11-15)10-14-16-17-18-20(14)12-4-6-13(7-5-12)23(3,21)22/h4-7H,8-11H2,1-3H3. The van der Waals surface area contributed by atoms with E-state index in [0.29, 0.717) is 12.0 Å². The monoisotopic (exact) mass is 335 g/mol. The van der Waals surface area contributed by atoms with Crippen molar-refractivity contribution in [3.63, 3.8) is 0 Å². The predicted molar refractivity (Wildman–Crippen MR) is 85.9 cm³/mol. The van der Waals surface area contributed by atoms with Gasteiger partial charge in [-0.25, -0.2) is 8.42 Å². The molecule has 0 radical (unpaired) electrons. The van der Waals surface area contributed by atoms with Crippen molar-refractivity contribution in [2.75, 3.05) is 19.3 Å². The van der Waals surface area contributed by atoms with E-state index in [1.54, 1.807) is 28.9 Å². The number of rotatable bonds is 4. The van der Waals surface area contributed by atoms with E-state index in [2.05, 4.69) is 34.3 Å². The molecule has 0 aliphatic carbocycles. The molecule has 1 aliphatic heterocycles. The average Bonchev–Trinajstić information content (AvgIpc) is 3.05. The van der Waals surface area contributed by atoms with Gasteiger partial charge in [-0.2, -0.15) is 4.68 Å². The van der Waals surface area contributed by atoms with Gasteiger partial charge in [-0.05, 0) is 53.1 Å². The summed E-state index contributed by atoms with van der Waals surface area (Å²) >= 11 is 0. The highest BCUT2D eigenvalue weighted by molar-refractivity contribution is 7.90. The lowest BCUT2D eigenvalue weighted by molar-refractivity contribution is 0.276. The summed E-state index contributed by atoms with van der Waals surface area (Å²) in [6, 6.07) is 6.61. The van der Waals surface area contributed by atoms with Crippen LogP contribution in [0.2, 0.25) is 0 Å². The first kappa shape index (κ1) is 16.1. The molecule has 0 unspecified atom stereocenters. The second-order valence-electron chi connectivity index (χ2n) is 6.90. The number of tetrazole rings is 1. The lowest BCUT2D eigenvalue weighted by Crippen LogP contribution is -2.24. The van der Waals surface area contributed by atoms with E-state index >= 15 is 0 Å². The van der Waals surface area contributed by atoms with Crippen molar-refractivity contribution in [3.8, 4) is 5.69 Å². The molecule has 2 heterocycles. The Morgan fingerprint density at radius 2 is 1.91 bits per heavy atom. The average molecular weight is 335 g/mol. The third kappa shape index (κ3) is 3.59. The van der Waals surface area contributed by atoms with Gasteiger partial charge in [0.1, 0.15) is 0 Å². The molecule has 8 heteroatoms. The van der Waals surface area contributed by atoms with Crippen molar-refractivity contribution < 1.29 is 8.42 Å². The smallest absolute Gasteiger partial charge is 0.175 e. The van der Waals surface area contributed by atoms with E-state index in [9.17, 15) is 8.42 Å². The molecule has 0 atom stereocenters. The molecule has 1 aliphatic rings. The molecule has 0 spiro atoms. The Balaban J connectivity index is 1.81. The van der Waals surface area contributed by atoms with E-state index in [1.165, 1.54) is 6.26 Å². The van der Waals surface area contributed by atoms with Crippen LogP contribution in [-0.4, -0.2) is 52.9 Å². The molecule has 1 fully saturated rings. The van der Waals surface area contributed by atoms with Crippen LogP contribution in [0.15, 0.2) is 29.2 Å². The van der Waals surface area contributed by atoms with E-state index in [1.807, 2.05) is 0 Å². The van der Waals surface area contributed by atoms with Crippen LogP contribution >= 0.6 is 0 Å². The third-order valence-corrected chi connectivity index (χ3v) is 5.29. The minimum absolute atomic E-state index is 0.289. The van der Waals surface area contributed by atoms with Gasteiger partial charge in [0.25, 0.3) is 0 Å². The van der Waals surface area contributed by atoms with Gasteiger partial charge in [0.15, 0.2) is 15.7 Å². The SMILES string of the molecule is CC1(C)CCN(Cc2nnnn2-c2ccc(S(C)(=O)=O)cc2)C1.